The first-order valence-corrected chi connectivity index (χ1v) is 8.06. The van der Waals surface area contributed by atoms with Gasteiger partial charge in [-0.25, -0.2) is 0 Å². The van der Waals surface area contributed by atoms with Crippen molar-refractivity contribution in [2.75, 3.05) is 35.7 Å². The molecule has 0 saturated carbocycles. The third-order valence-corrected chi connectivity index (χ3v) is 4.37. The molecule has 0 amide bonds. The van der Waals surface area contributed by atoms with E-state index >= 15 is 0 Å². The van der Waals surface area contributed by atoms with Crippen molar-refractivity contribution in [3.8, 4) is 0 Å². The fourth-order valence-corrected chi connectivity index (χ4v) is 2.70. The summed E-state index contributed by atoms with van der Waals surface area (Å²) in [5, 5.41) is 23.8. The predicted molar refractivity (Wildman–Crippen MR) is 88.9 cm³/mol. The summed E-state index contributed by atoms with van der Waals surface area (Å²) >= 11 is 5.53. The molecular formula is C15H22ClN3O3. The standard InChI is InChI=1S/C15H22ClN3O3/c1-11-4-6-18(7-5-11)14-3-2-12(8-15(14)19(21)22)17-10-13(20)9-16/h2-3,8,11,13,17,20H,4-7,9-10H2,1H3. The van der Waals surface area contributed by atoms with Crippen LogP contribution in [-0.4, -0.2) is 41.6 Å². The SMILES string of the molecule is CC1CCN(c2ccc(NCC(O)CCl)cc2[N+](=O)[O-])CC1. The van der Waals surface area contributed by atoms with E-state index in [1.54, 1.807) is 12.1 Å². The van der Waals surface area contributed by atoms with Crippen LogP contribution in [0.25, 0.3) is 0 Å². The zero-order valence-electron chi connectivity index (χ0n) is 12.7. The van der Waals surface area contributed by atoms with Crippen molar-refractivity contribution >= 4 is 28.7 Å². The number of hydrogen-bond acceptors (Lipinski definition) is 5. The molecule has 0 bridgehead atoms. The summed E-state index contributed by atoms with van der Waals surface area (Å²) in [5.74, 6) is 0.798. The first kappa shape index (κ1) is 16.8. The van der Waals surface area contributed by atoms with Crippen LogP contribution in [0.15, 0.2) is 18.2 Å². The molecule has 6 nitrogen and oxygen atoms in total. The second kappa shape index (κ2) is 7.65. The molecule has 1 fully saturated rings. The van der Waals surface area contributed by atoms with Crippen LogP contribution in [0.2, 0.25) is 0 Å². The highest BCUT2D eigenvalue weighted by atomic mass is 35.5. The molecule has 2 rings (SSSR count). The minimum Gasteiger partial charge on any atom is -0.390 e. The van der Waals surface area contributed by atoms with Crippen LogP contribution in [0.1, 0.15) is 19.8 Å². The minimum atomic E-state index is -0.677. The van der Waals surface area contributed by atoms with Gasteiger partial charge >= 0.3 is 0 Å². The van der Waals surface area contributed by atoms with E-state index in [1.807, 2.05) is 0 Å². The van der Waals surface area contributed by atoms with Crippen molar-refractivity contribution in [2.45, 2.75) is 25.9 Å². The molecule has 1 aliphatic rings. The van der Waals surface area contributed by atoms with Crippen molar-refractivity contribution in [1.82, 2.24) is 0 Å². The van der Waals surface area contributed by atoms with E-state index in [0.717, 1.165) is 25.9 Å². The molecule has 1 aromatic carbocycles. The van der Waals surface area contributed by atoms with Crippen LogP contribution >= 0.6 is 11.6 Å². The van der Waals surface area contributed by atoms with E-state index < -0.39 is 6.10 Å². The topological polar surface area (TPSA) is 78.6 Å². The molecule has 0 aliphatic carbocycles. The average Bonchev–Trinajstić information content (AvgIpc) is 2.53. The van der Waals surface area contributed by atoms with Crippen molar-refractivity contribution < 1.29 is 10.0 Å². The summed E-state index contributed by atoms with van der Waals surface area (Å²) in [5.41, 5.74) is 1.38. The number of hydrogen-bond donors (Lipinski definition) is 2. The largest absolute Gasteiger partial charge is 0.390 e. The van der Waals surface area contributed by atoms with Gasteiger partial charge in [-0.1, -0.05) is 6.92 Å². The Kier molecular flexibility index (Phi) is 5.85. The van der Waals surface area contributed by atoms with Gasteiger partial charge in [0.05, 0.1) is 16.9 Å². The lowest BCUT2D eigenvalue weighted by Gasteiger charge is -2.31. The van der Waals surface area contributed by atoms with Gasteiger partial charge < -0.3 is 15.3 Å². The summed E-state index contributed by atoms with van der Waals surface area (Å²) in [7, 11) is 0. The second-order valence-electron chi connectivity index (χ2n) is 5.82. The number of aliphatic hydroxyl groups excluding tert-OH is 1. The molecule has 7 heteroatoms. The van der Waals surface area contributed by atoms with E-state index in [2.05, 4.69) is 17.1 Å². The lowest BCUT2D eigenvalue weighted by molar-refractivity contribution is -0.384. The molecule has 22 heavy (non-hydrogen) atoms. The molecule has 0 aromatic heterocycles. The van der Waals surface area contributed by atoms with Gasteiger partial charge in [0.1, 0.15) is 5.69 Å². The van der Waals surface area contributed by atoms with Crippen molar-refractivity contribution in [3.05, 3.63) is 28.3 Å². The molecule has 0 radical (unpaired) electrons. The predicted octanol–water partition coefficient (Wildman–Crippen LogP) is 2.84. The van der Waals surface area contributed by atoms with E-state index in [-0.39, 0.29) is 23.0 Å². The molecular weight excluding hydrogens is 306 g/mol. The van der Waals surface area contributed by atoms with E-state index in [0.29, 0.717) is 17.3 Å². The maximum atomic E-state index is 11.4. The molecule has 1 aliphatic heterocycles. The van der Waals surface area contributed by atoms with Gasteiger partial charge in [-0.05, 0) is 30.9 Å². The number of benzene rings is 1. The Morgan fingerprint density at radius 1 is 1.50 bits per heavy atom. The quantitative estimate of drug-likeness (QED) is 0.477. The van der Waals surface area contributed by atoms with E-state index in [1.165, 1.54) is 6.07 Å². The highest BCUT2D eigenvalue weighted by molar-refractivity contribution is 6.18. The third-order valence-electron chi connectivity index (χ3n) is 4.02. The van der Waals surface area contributed by atoms with Gasteiger partial charge in [-0.2, -0.15) is 0 Å². The van der Waals surface area contributed by atoms with Crippen LogP contribution in [0.3, 0.4) is 0 Å². The number of alkyl halides is 1. The molecule has 1 aromatic rings. The molecule has 1 saturated heterocycles. The minimum absolute atomic E-state index is 0.0971. The summed E-state index contributed by atoms with van der Waals surface area (Å²) < 4.78 is 0. The lowest BCUT2D eigenvalue weighted by atomic mass is 9.98. The van der Waals surface area contributed by atoms with Crippen LogP contribution in [0.5, 0.6) is 0 Å². The van der Waals surface area contributed by atoms with Crippen LogP contribution in [0.4, 0.5) is 17.1 Å². The zero-order valence-corrected chi connectivity index (χ0v) is 13.4. The summed E-state index contributed by atoms with van der Waals surface area (Å²) in [6, 6.07) is 5.11. The van der Waals surface area contributed by atoms with Gasteiger partial charge in [0, 0.05) is 31.4 Å². The van der Waals surface area contributed by atoms with Gasteiger partial charge in [-0.3, -0.25) is 10.1 Å². The van der Waals surface area contributed by atoms with Crippen LogP contribution in [-0.2, 0) is 0 Å². The summed E-state index contributed by atoms with van der Waals surface area (Å²) in [6.07, 6.45) is 1.43. The summed E-state index contributed by atoms with van der Waals surface area (Å²) in [4.78, 5) is 13.1. The fraction of sp³-hybridized carbons (Fsp3) is 0.600. The van der Waals surface area contributed by atoms with Crippen molar-refractivity contribution in [2.24, 2.45) is 5.92 Å². The molecule has 1 unspecified atom stereocenters. The molecule has 1 atom stereocenters. The molecule has 122 valence electrons. The number of piperidine rings is 1. The smallest absolute Gasteiger partial charge is 0.294 e. The lowest BCUT2D eigenvalue weighted by Crippen LogP contribution is -2.33. The number of anilines is 2. The van der Waals surface area contributed by atoms with Crippen LogP contribution in [0, 0.1) is 16.0 Å². The normalized spacial score (nSPS) is 17.3. The molecule has 0 spiro atoms. The van der Waals surface area contributed by atoms with Gasteiger partial charge in [0.2, 0.25) is 0 Å². The maximum absolute atomic E-state index is 11.4. The summed E-state index contributed by atoms with van der Waals surface area (Å²) in [6.45, 7) is 4.17. The molecule has 1 heterocycles. The Labute approximate surface area is 135 Å². The van der Waals surface area contributed by atoms with Crippen molar-refractivity contribution in [3.63, 3.8) is 0 Å². The number of aliphatic hydroxyl groups is 1. The number of nitrogens with zero attached hydrogens (tertiary/aromatic N) is 2. The number of nitro benzene ring substituents is 1. The van der Waals surface area contributed by atoms with Crippen molar-refractivity contribution in [1.29, 1.82) is 0 Å². The first-order chi connectivity index (χ1) is 10.5. The Hall–Kier alpha value is -1.53. The highest BCUT2D eigenvalue weighted by Crippen LogP contribution is 2.33. The molecule has 2 N–H and O–H groups in total. The fourth-order valence-electron chi connectivity index (χ4n) is 2.59. The maximum Gasteiger partial charge on any atom is 0.294 e. The Bertz CT molecular complexity index is 519. The van der Waals surface area contributed by atoms with E-state index in [4.69, 9.17) is 11.6 Å². The number of rotatable bonds is 6. The van der Waals surface area contributed by atoms with Gasteiger partial charge in [0.25, 0.3) is 5.69 Å². The van der Waals surface area contributed by atoms with E-state index in [9.17, 15) is 15.2 Å². The Balaban J connectivity index is 2.15. The second-order valence-corrected chi connectivity index (χ2v) is 6.13. The van der Waals surface area contributed by atoms with Crippen LogP contribution < -0.4 is 10.2 Å². The zero-order chi connectivity index (χ0) is 16.1. The monoisotopic (exact) mass is 327 g/mol. The number of nitro groups is 1. The van der Waals surface area contributed by atoms with Gasteiger partial charge in [0.15, 0.2) is 0 Å². The Morgan fingerprint density at radius 3 is 2.77 bits per heavy atom. The third kappa shape index (κ3) is 4.24. The first-order valence-electron chi connectivity index (χ1n) is 7.52. The number of halogens is 1. The highest BCUT2D eigenvalue weighted by Gasteiger charge is 2.23. The van der Waals surface area contributed by atoms with Gasteiger partial charge in [-0.15, -0.1) is 11.6 Å². The number of nitrogens with one attached hydrogen (secondary N) is 1. The Morgan fingerprint density at radius 2 is 2.18 bits per heavy atom. The average molecular weight is 328 g/mol.